The number of piperidine rings is 1. The highest BCUT2D eigenvalue weighted by molar-refractivity contribution is 9.11. The predicted molar refractivity (Wildman–Crippen MR) is 59.1 cm³/mol. The second kappa shape index (κ2) is 4.40. The number of thiazole rings is 1. The molecule has 0 radical (unpaired) electrons. The lowest BCUT2D eigenvalue weighted by Gasteiger charge is -2.25. The molecule has 0 spiro atoms. The van der Waals surface area contributed by atoms with E-state index in [9.17, 15) is 4.79 Å². The minimum absolute atomic E-state index is 0.264. The van der Waals surface area contributed by atoms with Gasteiger partial charge in [-0.15, -0.1) is 11.3 Å². The average Bonchev–Trinajstić information content (AvgIpc) is 2.56. The Balaban J connectivity index is 1.99. The largest absolute Gasteiger partial charge is 0.337 e. The molecule has 0 saturated carbocycles. The second-order valence-electron chi connectivity index (χ2n) is 3.36. The Bertz CT molecular complexity index is 339. The minimum Gasteiger partial charge on any atom is -0.337 e. The molecule has 0 unspecified atom stereocenters. The van der Waals surface area contributed by atoms with Gasteiger partial charge in [-0.25, -0.2) is 4.98 Å². The molecule has 2 rings (SSSR count). The first-order valence-electron chi connectivity index (χ1n) is 4.63. The summed E-state index contributed by atoms with van der Waals surface area (Å²) in [7, 11) is 0. The van der Waals surface area contributed by atoms with Crippen LogP contribution in [0.3, 0.4) is 0 Å². The van der Waals surface area contributed by atoms with Crippen LogP contribution in [0.25, 0.3) is 0 Å². The highest BCUT2D eigenvalue weighted by Gasteiger charge is 2.18. The first kappa shape index (κ1) is 10.1. The van der Waals surface area contributed by atoms with Crippen LogP contribution in [-0.2, 0) is 11.3 Å². The van der Waals surface area contributed by atoms with E-state index in [1.54, 1.807) is 11.3 Å². The Morgan fingerprint density at radius 3 is 3.07 bits per heavy atom. The molecule has 14 heavy (non-hydrogen) atoms. The van der Waals surface area contributed by atoms with Crippen LogP contribution >= 0.6 is 27.3 Å². The number of nitrogens with zero attached hydrogens (tertiary/aromatic N) is 2. The van der Waals surface area contributed by atoms with E-state index in [2.05, 4.69) is 20.9 Å². The molecule has 0 bridgehead atoms. The number of carbonyl (C=O) groups is 1. The maximum Gasteiger partial charge on any atom is 0.222 e. The molecule has 5 heteroatoms. The fraction of sp³-hybridized carbons (Fsp3) is 0.556. The number of amides is 1. The predicted octanol–water partition coefficient (Wildman–Crippen LogP) is 2.42. The van der Waals surface area contributed by atoms with Crippen LogP contribution in [0.15, 0.2) is 9.30 Å². The van der Waals surface area contributed by atoms with Crippen molar-refractivity contribution in [2.24, 2.45) is 0 Å². The van der Waals surface area contributed by atoms with Gasteiger partial charge in [-0.1, -0.05) is 0 Å². The lowest BCUT2D eigenvalue weighted by Crippen LogP contribution is -2.34. The molecule has 1 aromatic rings. The van der Waals surface area contributed by atoms with E-state index < -0.39 is 0 Å². The lowest BCUT2D eigenvalue weighted by atomic mass is 10.1. The fourth-order valence-electron chi connectivity index (χ4n) is 1.58. The molecule has 1 saturated heterocycles. The van der Waals surface area contributed by atoms with Crippen molar-refractivity contribution in [2.45, 2.75) is 25.8 Å². The fourth-order valence-corrected chi connectivity index (χ4v) is 2.62. The molecule has 3 nitrogen and oxygen atoms in total. The molecular weight excluding hydrogens is 264 g/mol. The summed E-state index contributed by atoms with van der Waals surface area (Å²) >= 11 is 4.88. The highest BCUT2D eigenvalue weighted by atomic mass is 79.9. The van der Waals surface area contributed by atoms with Crippen molar-refractivity contribution in [1.82, 2.24) is 9.88 Å². The summed E-state index contributed by atoms with van der Waals surface area (Å²) in [4.78, 5) is 17.7. The summed E-state index contributed by atoms with van der Waals surface area (Å²) in [6.45, 7) is 1.55. The normalized spacial score (nSPS) is 17.5. The van der Waals surface area contributed by atoms with E-state index in [1.165, 1.54) is 0 Å². The summed E-state index contributed by atoms with van der Waals surface area (Å²) in [6.07, 6.45) is 2.86. The molecule has 1 fully saturated rings. The van der Waals surface area contributed by atoms with Crippen LogP contribution in [0.2, 0.25) is 0 Å². The third-order valence-electron chi connectivity index (χ3n) is 2.30. The van der Waals surface area contributed by atoms with Crippen LogP contribution in [-0.4, -0.2) is 22.3 Å². The summed E-state index contributed by atoms with van der Waals surface area (Å²) in [6, 6.07) is 0. The van der Waals surface area contributed by atoms with Crippen molar-refractivity contribution in [3.05, 3.63) is 15.0 Å². The van der Waals surface area contributed by atoms with E-state index in [0.717, 1.165) is 29.0 Å². The molecule has 1 aromatic heterocycles. The zero-order valence-corrected chi connectivity index (χ0v) is 10.1. The van der Waals surface area contributed by atoms with Gasteiger partial charge in [-0.05, 0) is 28.8 Å². The lowest BCUT2D eigenvalue weighted by molar-refractivity contribution is -0.133. The standard InChI is InChI=1S/C9H11BrN2OS/c10-9-11-7(6-14-9)5-12-4-2-1-3-8(12)13/h6H,1-5H2. The number of likely N-dealkylation sites (tertiary alicyclic amines) is 1. The molecule has 1 aliphatic rings. The molecular formula is C9H11BrN2OS. The van der Waals surface area contributed by atoms with Gasteiger partial charge in [0.05, 0.1) is 12.2 Å². The van der Waals surface area contributed by atoms with Crippen LogP contribution in [0, 0.1) is 0 Å². The van der Waals surface area contributed by atoms with Crippen LogP contribution in [0.1, 0.15) is 25.0 Å². The van der Waals surface area contributed by atoms with E-state index in [-0.39, 0.29) is 5.91 Å². The molecule has 0 aliphatic carbocycles. The maximum atomic E-state index is 11.5. The van der Waals surface area contributed by atoms with Crippen molar-refractivity contribution in [1.29, 1.82) is 0 Å². The molecule has 76 valence electrons. The zero-order chi connectivity index (χ0) is 9.97. The van der Waals surface area contributed by atoms with Gasteiger partial charge in [0.25, 0.3) is 0 Å². The van der Waals surface area contributed by atoms with Gasteiger partial charge >= 0.3 is 0 Å². The number of hydrogen-bond donors (Lipinski definition) is 0. The van der Waals surface area contributed by atoms with Crippen LogP contribution in [0.4, 0.5) is 0 Å². The van der Waals surface area contributed by atoms with Gasteiger partial charge in [0.2, 0.25) is 5.91 Å². The summed E-state index contributed by atoms with van der Waals surface area (Å²) in [5.74, 6) is 0.264. The topological polar surface area (TPSA) is 33.2 Å². The number of hydrogen-bond acceptors (Lipinski definition) is 3. The molecule has 0 atom stereocenters. The van der Waals surface area contributed by atoms with Gasteiger partial charge < -0.3 is 4.90 Å². The molecule has 1 amide bonds. The third kappa shape index (κ3) is 2.33. The Labute approximate surface area is 95.3 Å². The van der Waals surface area contributed by atoms with E-state index in [0.29, 0.717) is 13.0 Å². The van der Waals surface area contributed by atoms with Gasteiger partial charge in [-0.2, -0.15) is 0 Å². The van der Waals surface area contributed by atoms with E-state index in [1.807, 2.05) is 10.3 Å². The van der Waals surface area contributed by atoms with Crippen molar-refractivity contribution in [3.63, 3.8) is 0 Å². The van der Waals surface area contributed by atoms with Crippen molar-refractivity contribution in [3.8, 4) is 0 Å². The monoisotopic (exact) mass is 274 g/mol. The summed E-state index contributed by atoms with van der Waals surface area (Å²) in [5, 5.41) is 1.99. The number of aromatic nitrogens is 1. The average molecular weight is 275 g/mol. The van der Waals surface area contributed by atoms with Crippen molar-refractivity contribution >= 4 is 33.2 Å². The third-order valence-corrected chi connectivity index (χ3v) is 3.71. The second-order valence-corrected chi connectivity index (χ2v) is 5.50. The smallest absolute Gasteiger partial charge is 0.222 e. The van der Waals surface area contributed by atoms with Gasteiger partial charge in [0.15, 0.2) is 3.92 Å². The summed E-state index contributed by atoms with van der Waals surface area (Å²) in [5.41, 5.74) is 0.983. The van der Waals surface area contributed by atoms with Gasteiger partial charge in [0, 0.05) is 18.3 Å². The molecule has 1 aliphatic heterocycles. The minimum atomic E-state index is 0.264. The van der Waals surface area contributed by atoms with Crippen molar-refractivity contribution in [2.75, 3.05) is 6.54 Å². The molecule has 0 N–H and O–H groups in total. The van der Waals surface area contributed by atoms with Gasteiger partial charge in [-0.3, -0.25) is 4.79 Å². The Kier molecular flexibility index (Phi) is 3.18. The number of carbonyl (C=O) groups excluding carboxylic acids is 1. The van der Waals surface area contributed by atoms with Crippen molar-refractivity contribution < 1.29 is 4.79 Å². The SMILES string of the molecule is O=C1CCCCN1Cc1csc(Br)n1. The Morgan fingerprint density at radius 1 is 1.57 bits per heavy atom. The van der Waals surface area contributed by atoms with E-state index in [4.69, 9.17) is 0 Å². The Morgan fingerprint density at radius 2 is 2.43 bits per heavy atom. The van der Waals surface area contributed by atoms with Crippen LogP contribution < -0.4 is 0 Å². The highest BCUT2D eigenvalue weighted by Crippen LogP contribution is 2.19. The maximum absolute atomic E-state index is 11.5. The Hall–Kier alpha value is -0.420. The van der Waals surface area contributed by atoms with E-state index >= 15 is 0 Å². The summed E-state index contributed by atoms with van der Waals surface area (Å²) < 4.78 is 0.886. The zero-order valence-electron chi connectivity index (χ0n) is 7.70. The first-order chi connectivity index (χ1) is 6.75. The van der Waals surface area contributed by atoms with Gasteiger partial charge in [0.1, 0.15) is 0 Å². The first-order valence-corrected chi connectivity index (χ1v) is 6.30. The number of rotatable bonds is 2. The number of halogens is 1. The van der Waals surface area contributed by atoms with Crippen LogP contribution in [0.5, 0.6) is 0 Å². The quantitative estimate of drug-likeness (QED) is 0.830. The molecule has 2 heterocycles. The molecule has 0 aromatic carbocycles.